The Balaban J connectivity index is 2.52. The average molecular weight is 255 g/mol. The topological polar surface area (TPSA) is 12.4 Å². The number of benzene rings is 1. The van der Waals surface area contributed by atoms with Gasteiger partial charge in [-0.2, -0.15) is 0 Å². The number of rotatable bonds is 5. The molecule has 0 unspecified atom stereocenters. The van der Waals surface area contributed by atoms with E-state index >= 15 is 0 Å². The van der Waals surface area contributed by atoms with Crippen molar-refractivity contribution in [2.75, 3.05) is 0 Å². The van der Waals surface area contributed by atoms with E-state index in [0.29, 0.717) is 0 Å². The lowest BCUT2D eigenvalue weighted by Crippen LogP contribution is -1.83. The first-order valence-corrected chi connectivity index (χ1v) is 7.24. The zero-order chi connectivity index (χ0) is 14.1. The number of aliphatic imine (C=N–C) groups is 1. The third-order valence-electron chi connectivity index (χ3n) is 3.15. The van der Waals surface area contributed by atoms with E-state index in [2.05, 4.69) is 56.7 Å². The molecule has 0 bridgehead atoms. The number of nitrogens with zero attached hydrogens (tertiary/aromatic N) is 1. The van der Waals surface area contributed by atoms with Gasteiger partial charge in [0.2, 0.25) is 0 Å². The molecule has 1 rings (SSSR count). The smallest absolute Gasteiger partial charge is 0.0773 e. The van der Waals surface area contributed by atoms with E-state index in [1.165, 1.54) is 42.4 Å². The fourth-order valence-electron chi connectivity index (χ4n) is 2.23. The molecule has 0 aliphatic rings. The zero-order valence-electron chi connectivity index (χ0n) is 12.7. The number of aryl methyl sites for hydroxylation is 3. The second-order valence-electron chi connectivity index (χ2n) is 5.14. The second-order valence-corrected chi connectivity index (χ2v) is 5.14. The molecule has 19 heavy (non-hydrogen) atoms. The minimum absolute atomic E-state index is 0.984. The highest BCUT2D eigenvalue weighted by atomic mass is 14.7. The lowest BCUT2D eigenvalue weighted by Gasteiger charge is -2.05. The van der Waals surface area contributed by atoms with Crippen molar-refractivity contribution in [3.63, 3.8) is 0 Å². The maximum absolute atomic E-state index is 4.48. The normalized spacial score (nSPS) is 10.5. The predicted octanol–water partition coefficient (Wildman–Crippen LogP) is 5.29. The highest BCUT2D eigenvalue weighted by Crippen LogP contribution is 2.24. The van der Waals surface area contributed by atoms with Crippen LogP contribution < -0.4 is 0 Å². The molecule has 1 nitrogen and oxygen atoms in total. The molecule has 102 valence electrons. The van der Waals surface area contributed by atoms with E-state index in [0.717, 1.165) is 12.1 Å². The van der Waals surface area contributed by atoms with Crippen LogP contribution in [-0.4, -0.2) is 6.21 Å². The third kappa shape index (κ3) is 5.75. The van der Waals surface area contributed by atoms with Crippen LogP contribution in [0, 0.1) is 32.6 Å². The number of hydrogen-bond acceptors (Lipinski definition) is 1. The van der Waals surface area contributed by atoms with Gasteiger partial charge in [-0.25, -0.2) is 4.99 Å². The van der Waals surface area contributed by atoms with Crippen LogP contribution in [-0.2, 0) is 0 Å². The van der Waals surface area contributed by atoms with Crippen molar-refractivity contribution in [2.24, 2.45) is 4.99 Å². The molecule has 1 heteroatoms. The highest BCUT2D eigenvalue weighted by molar-refractivity contribution is 5.81. The Morgan fingerprint density at radius 3 is 2.37 bits per heavy atom. The SMILES string of the molecule is CCCCCCC#CC=Nc1c(C)cc(C)cc1C. The van der Waals surface area contributed by atoms with Crippen LogP contribution in [0.2, 0.25) is 0 Å². The maximum Gasteiger partial charge on any atom is 0.0773 e. The molecule has 0 spiro atoms. The molecule has 0 atom stereocenters. The van der Waals surface area contributed by atoms with Gasteiger partial charge in [0.25, 0.3) is 0 Å². The van der Waals surface area contributed by atoms with Crippen molar-refractivity contribution >= 4 is 11.9 Å². The molecular formula is C18H25N. The van der Waals surface area contributed by atoms with Gasteiger partial charge in [-0.15, -0.1) is 0 Å². The molecule has 0 radical (unpaired) electrons. The van der Waals surface area contributed by atoms with Gasteiger partial charge < -0.3 is 0 Å². The van der Waals surface area contributed by atoms with Crippen molar-refractivity contribution in [1.29, 1.82) is 0 Å². The van der Waals surface area contributed by atoms with Crippen LogP contribution in [0.5, 0.6) is 0 Å². The summed E-state index contributed by atoms with van der Waals surface area (Å²) in [5.74, 6) is 6.20. The van der Waals surface area contributed by atoms with Crippen LogP contribution >= 0.6 is 0 Å². The lowest BCUT2D eigenvalue weighted by molar-refractivity contribution is 0.680. The predicted molar refractivity (Wildman–Crippen MR) is 85.3 cm³/mol. The number of unbranched alkanes of at least 4 members (excludes halogenated alkanes) is 4. The standard InChI is InChI=1S/C18H25N/c1-5-6-7-8-9-10-11-12-19-18-16(3)13-15(2)14-17(18)4/h12-14H,5-9H2,1-4H3. The largest absolute Gasteiger partial charge is 0.247 e. The van der Waals surface area contributed by atoms with E-state index in [-0.39, 0.29) is 0 Å². The van der Waals surface area contributed by atoms with Gasteiger partial charge >= 0.3 is 0 Å². The van der Waals surface area contributed by atoms with Gasteiger partial charge in [0.1, 0.15) is 0 Å². The van der Waals surface area contributed by atoms with Crippen molar-refractivity contribution in [3.05, 3.63) is 28.8 Å². The van der Waals surface area contributed by atoms with Crippen molar-refractivity contribution in [3.8, 4) is 11.8 Å². The summed E-state index contributed by atoms with van der Waals surface area (Å²) in [4.78, 5) is 4.48. The molecular weight excluding hydrogens is 230 g/mol. The minimum Gasteiger partial charge on any atom is -0.247 e. The summed E-state index contributed by atoms with van der Waals surface area (Å²) in [6.45, 7) is 8.55. The Bertz CT molecular complexity index is 463. The fraction of sp³-hybridized carbons (Fsp3) is 0.500. The summed E-state index contributed by atoms with van der Waals surface area (Å²) >= 11 is 0. The van der Waals surface area contributed by atoms with E-state index in [1.54, 1.807) is 6.21 Å². The van der Waals surface area contributed by atoms with E-state index in [9.17, 15) is 0 Å². The molecule has 0 N–H and O–H groups in total. The molecule has 1 aromatic carbocycles. The molecule has 0 amide bonds. The Labute approximate surface area is 118 Å². The van der Waals surface area contributed by atoms with Gasteiger partial charge in [-0.1, -0.05) is 55.7 Å². The lowest BCUT2D eigenvalue weighted by atomic mass is 10.1. The second kappa shape index (κ2) is 8.53. The Morgan fingerprint density at radius 2 is 1.74 bits per heavy atom. The molecule has 0 aromatic heterocycles. The summed E-state index contributed by atoms with van der Waals surface area (Å²) in [6.07, 6.45) is 7.82. The van der Waals surface area contributed by atoms with Crippen LogP contribution in [0.4, 0.5) is 5.69 Å². The first-order valence-electron chi connectivity index (χ1n) is 7.24. The fourth-order valence-corrected chi connectivity index (χ4v) is 2.23. The van der Waals surface area contributed by atoms with E-state index in [1.807, 2.05) is 0 Å². The van der Waals surface area contributed by atoms with Gasteiger partial charge in [0.15, 0.2) is 0 Å². The summed E-state index contributed by atoms with van der Waals surface area (Å²) in [6, 6.07) is 4.33. The molecule has 1 aromatic rings. The molecule has 0 heterocycles. The molecule has 0 aliphatic heterocycles. The summed E-state index contributed by atoms with van der Waals surface area (Å²) < 4.78 is 0. The van der Waals surface area contributed by atoms with E-state index < -0.39 is 0 Å². The average Bonchev–Trinajstić information content (AvgIpc) is 2.35. The monoisotopic (exact) mass is 255 g/mol. The van der Waals surface area contributed by atoms with Crippen LogP contribution in [0.25, 0.3) is 0 Å². The molecule has 0 saturated heterocycles. The molecule has 0 saturated carbocycles. The number of hydrogen-bond donors (Lipinski definition) is 0. The van der Waals surface area contributed by atoms with Crippen LogP contribution in [0.1, 0.15) is 55.7 Å². The maximum atomic E-state index is 4.48. The molecule has 0 fully saturated rings. The summed E-state index contributed by atoms with van der Waals surface area (Å²) in [5.41, 5.74) is 4.79. The van der Waals surface area contributed by atoms with E-state index in [4.69, 9.17) is 0 Å². The Morgan fingerprint density at radius 1 is 1.05 bits per heavy atom. The highest BCUT2D eigenvalue weighted by Gasteiger charge is 2.00. The van der Waals surface area contributed by atoms with Crippen molar-refractivity contribution in [2.45, 2.75) is 59.8 Å². The van der Waals surface area contributed by atoms with Crippen LogP contribution in [0.15, 0.2) is 17.1 Å². The van der Waals surface area contributed by atoms with Gasteiger partial charge in [0, 0.05) is 6.42 Å². The van der Waals surface area contributed by atoms with Crippen LogP contribution in [0.3, 0.4) is 0 Å². The molecule has 0 aliphatic carbocycles. The van der Waals surface area contributed by atoms with Gasteiger partial charge in [0.05, 0.1) is 11.9 Å². The summed E-state index contributed by atoms with van der Waals surface area (Å²) in [7, 11) is 0. The first-order chi connectivity index (χ1) is 9.15. The van der Waals surface area contributed by atoms with Gasteiger partial charge in [-0.3, -0.25) is 0 Å². The van der Waals surface area contributed by atoms with Crippen molar-refractivity contribution < 1.29 is 0 Å². The minimum atomic E-state index is 0.984. The Kier molecular flexibility index (Phi) is 6.97. The zero-order valence-corrected chi connectivity index (χ0v) is 12.7. The van der Waals surface area contributed by atoms with Gasteiger partial charge in [-0.05, 0) is 38.3 Å². The quantitative estimate of drug-likeness (QED) is 0.385. The third-order valence-corrected chi connectivity index (χ3v) is 3.15. The summed E-state index contributed by atoms with van der Waals surface area (Å²) in [5, 5.41) is 0. The first kappa shape index (κ1) is 15.5. The Hall–Kier alpha value is -1.55. The van der Waals surface area contributed by atoms with Crippen molar-refractivity contribution in [1.82, 2.24) is 0 Å².